The Morgan fingerprint density at radius 3 is 1.13 bits per heavy atom. The molecule has 2 heterocycles. The zero-order valence-corrected chi connectivity index (χ0v) is 46.4. The molecule has 4 N–H and O–H groups in total. The molecule has 4 aromatic rings. The zero-order valence-electron chi connectivity index (χ0n) is 41.8. The Balaban J connectivity index is 0.000000455. The van der Waals surface area contributed by atoms with Gasteiger partial charge in [0.15, 0.2) is 0 Å². The predicted molar refractivity (Wildman–Crippen MR) is 281 cm³/mol. The first kappa shape index (κ1) is 62.1. The molecule has 71 heavy (non-hydrogen) atoms. The fourth-order valence-electron chi connectivity index (χ4n) is 9.23. The van der Waals surface area contributed by atoms with Gasteiger partial charge in [-0.25, -0.2) is 18.7 Å². The summed E-state index contributed by atoms with van der Waals surface area (Å²) in [5, 5.41) is 23.8. The van der Waals surface area contributed by atoms with E-state index in [9.17, 15) is 19.8 Å². The van der Waals surface area contributed by atoms with Crippen molar-refractivity contribution >= 4 is 45.3 Å². The zero-order chi connectivity index (χ0) is 47.1. The monoisotopic (exact) mass is 1030 g/mol. The Labute approximate surface area is 473 Å². The molecular formula is C57H68Cl2KN4O7+. The smallest absolute Gasteiger partial charge is 1.00 e. The van der Waals surface area contributed by atoms with Crippen molar-refractivity contribution in [3.05, 3.63) is 143 Å². The van der Waals surface area contributed by atoms with E-state index in [1.807, 2.05) is 24.3 Å². The summed E-state index contributed by atoms with van der Waals surface area (Å²) in [5.41, 5.74) is 9.23. The summed E-state index contributed by atoms with van der Waals surface area (Å²) in [5.74, 6) is -0.378. The molecule has 0 aromatic heterocycles. The minimum Gasteiger partial charge on any atom is -1.00 e. The molecular weight excluding hydrogens is 963 g/mol. The van der Waals surface area contributed by atoms with E-state index in [1.165, 1.54) is 0 Å². The Morgan fingerprint density at radius 2 is 0.817 bits per heavy atom. The first-order valence-electron chi connectivity index (χ1n) is 23.4. The molecule has 0 saturated heterocycles. The molecule has 0 atom stereocenters. The van der Waals surface area contributed by atoms with Crippen molar-refractivity contribution in [1.29, 1.82) is 0 Å². The Hall–Kier alpha value is -5.02. The maximum atomic E-state index is 12.1. The molecule has 4 aliphatic rings. The van der Waals surface area contributed by atoms with Gasteiger partial charge in [0.25, 0.3) is 0 Å². The van der Waals surface area contributed by atoms with Crippen LogP contribution >= 0.6 is 0 Å². The number of aromatic carboxylic acids is 2. The second-order valence-corrected chi connectivity index (χ2v) is 16.1. The summed E-state index contributed by atoms with van der Waals surface area (Å²) in [6, 6.07) is 39.2. The average Bonchev–Trinajstić information content (AvgIpc) is 3.34. The predicted octanol–water partition coefficient (Wildman–Crippen LogP) is 1.95. The summed E-state index contributed by atoms with van der Waals surface area (Å²) in [6.07, 6.45) is 0. The van der Waals surface area contributed by atoms with Crippen LogP contribution in [0.3, 0.4) is 0 Å². The minimum atomic E-state index is -0.938. The molecule has 8 rings (SSSR count). The molecule has 11 nitrogen and oxygen atoms in total. The third-order valence-electron chi connectivity index (χ3n) is 12.7. The number of rotatable bonds is 14. The van der Waals surface area contributed by atoms with E-state index in [0.717, 1.165) is 130 Å². The van der Waals surface area contributed by atoms with E-state index in [-0.39, 0.29) is 100 Å². The summed E-state index contributed by atoms with van der Waals surface area (Å²) in [6.45, 7) is 24.3. The van der Waals surface area contributed by atoms with Gasteiger partial charge in [0.1, 0.15) is 48.9 Å². The Kier molecular flexibility index (Phi) is 24.7. The number of benzene rings is 6. The third kappa shape index (κ3) is 13.0. The van der Waals surface area contributed by atoms with Crippen LogP contribution in [0.1, 0.15) is 83.5 Å². The number of fused-ring (bicyclic) bond motifs is 4. The second-order valence-electron chi connectivity index (χ2n) is 16.1. The van der Waals surface area contributed by atoms with Gasteiger partial charge in [0, 0.05) is 94.8 Å². The molecule has 14 heteroatoms. The molecule has 0 unspecified atom stereocenters. The van der Waals surface area contributed by atoms with E-state index >= 15 is 0 Å². The van der Waals surface area contributed by atoms with Crippen LogP contribution in [-0.4, -0.2) is 80.0 Å². The maximum Gasteiger partial charge on any atom is 1.00 e. The summed E-state index contributed by atoms with van der Waals surface area (Å²) in [4.78, 5) is 28.7. The number of carbonyl (C=O) groups is 2. The van der Waals surface area contributed by atoms with E-state index in [4.69, 9.17) is 8.83 Å². The molecule has 0 saturated carbocycles. The van der Waals surface area contributed by atoms with Gasteiger partial charge >= 0.3 is 63.3 Å². The number of carboxylic acid groups (broad SMARTS) is 2. The fraction of sp³-hybridized carbons (Fsp3) is 0.298. The van der Waals surface area contributed by atoms with Gasteiger partial charge in [0.2, 0.25) is 10.7 Å². The van der Waals surface area contributed by atoms with Gasteiger partial charge < -0.3 is 59.1 Å². The number of anilines is 2. The van der Waals surface area contributed by atoms with Crippen molar-refractivity contribution in [2.24, 2.45) is 0 Å². The van der Waals surface area contributed by atoms with Crippen molar-refractivity contribution in [2.45, 2.75) is 62.8 Å². The van der Waals surface area contributed by atoms with Crippen LogP contribution in [0.5, 0.6) is 0 Å². The fourth-order valence-corrected chi connectivity index (χ4v) is 9.23. The summed E-state index contributed by atoms with van der Waals surface area (Å²) >= 11 is 0. The van der Waals surface area contributed by atoms with Gasteiger partial charge in [0.05, 0.1) is 23.3 Å². The molecule has 0 radical (unpaired) electrons. The Morgan fingerprint density at radius 1 is 0.479 bits per heavy atom. The van der Waals surface area contributed by atoms with Gasteiger partial charge in [-0.1, -0.05) is 43.8 Å². The van der Waals surface area contributed by atoms with Crippen LogP contribution in [0.2, 0.25) is 0 Å². The van der Waals surface area contributed by atoms with Gasteiger partial charge in [-0.3, -0.25) is 0 Å². The number of halogens is 2. The van der Waals surface area contributed by atoms with Crippen LogP contribution in [-0.2, 0) is 0 Å². The number of nitrogens with zero attached hydrogens (tertiary/aromatic N) is 4. The second kappa shape index (κ2) is 28.3. The molecule has 0 bridgehead atoms. The van der Waals surface area contributed by atoms with Gasteiger partial charge in [-0.05, 0) is 115 Å². The van der Waals surface area contributed by atoms with E-state index < -0.39 is 11.9 Å². The largest absolute Gasteiger partial charge is 1.00 e. The number of carboxylic acids is 2. The molecule has 0 fully saturated rings. The van der Waals surface area contributed by atoms with Gasteiger partial charge in [-0.2, -0.15) is 0 Å². The number of hydrogen-bond donors (Lipinski definition) is 2. The van der Waals surface area contributed by atoms with Crippen molar-refractivity contribution < 1.29 is 110 Å². The first-order chi connectivity index (χ1) is 32.0. The van der Waals surface area contributed by atoms with E-state index in [0.29, 0.717) is 11.1 Å². The van der Waals surface area contributed by atoms with Crippen LogP contribution in [0.4, 0.5) is 11.4 Å². The summed E-state index contributed by atoms with van der Waals surface area (Å²) < 4.78 is 17.5. The first-order valence-corrected chi connectivity index (χ1v) is 23.4. The van der Waals surface area contributed by atoms with Crippen molar-refractivity contribution in [3.8, 4) is 44.9 Å². The molecule has 2 aliphatic heterocycles. The van der Waals surface area contributed by atoms with Crippen LogP contribution in [0, 0.1) is 0 Å². The third-order valence-corrected chi connectivity index (χ3v) is 12.7. The van der Waals surface area contributed by atoms with Crippen LogP contribution in [0.15, 0.2) is 130 Å². The molecule has 4 aromatic carbocycles. The molecule has 0 spiro atoms. The molecule has 0 amide bonds. The SMILES string of the molecule is C.CCN(CC)c1ccc2c(-c3ccccc3C(=O)O)c3ccc(=[N+](CC)CC)cc-3oc2c1.CCN(CC)c1ccc2c(-c3ccccc3C(=O)O)c3ccc(=[N+](CC)CC)cc-3oc2c1.O.[Cl-].[Cl-].[K+]. The summed E-state index contributed by atoms with van der Waals surface area (Å²) in [7, 11) is 0. The minimum absolute atomic E-state index is 0. The average molecular weight is 1030 g/mol. The maximum absolute atomic E-state index is 12.1. The Bertz CT molecular complexity index is 2920. The van der Waals surface area contributed by atoms with E-state index in [2.05, 4.69) is 147 Å². The molecule has 372 valence electrons. The van der Waals surface area contributed by atoms with Crippen LogP contribution in [0.25, 0.3) is 66.8 Å². The standard InChI is InChI=1S/2C28H30N2O3.CH4.2ClH.K.H2O/c2*1-5-29(6-2)19-13-15-23-25(17-19)33-26-18-20(30(7-3)8-4)14-16-24(26)27(23)21-11-9-10-12-22(21)28(31)32;;;;;/h2*9-18H,5-8H2,1-4H3;1H4;2*1H;;1H2/q;;;;;+1;. The van der Waals surface area contributed by atoms with Crippen molar-refractivity contribution in [2.75, 3.05) is 62.2 Å². The number of hydrogen-bond acceptors (Lipinski definition) is 6. The molecule has 2 aliphatic carbocycles. The van der Waals surface area contributed by atoms with Crippen molar-refractivity contribution in [3.63, 3.8) is 0 Å². The topological polar surface area (TPSA) is 145 Å². The normalized spacial score (nSPS) is 10.4. The van der Waals surface area contributed by atoms with Crippen molar-refractivity contribution in [1.82, 2.24) is 9.15 Å². The quantitative estimate of drug-likeness (QED) is 0.0957. The van der Waals surface area contributed by atoms with E-state index in [1.54, 1.807) is 24.3 Å². The van der Waals surface area contributed by atoms with Gasteiger partial charge in [-0.15, -0.1) is 0 Å². The van der Waals surface area contributed by atoms with Crippen LogP contribution < -0.4 is 106 Å².